The van der Waals surface area contributed by atoms with E-state index in [1.807, 2.05) is 12.1 Å². The highest BCUT2D eigenvalue weighted by Gasteiger charge is 2.12. The van der Waals surface area contributed by atoms with E-state index in [0.717, 1.165) is 5.56 Å². The number of aromatic amines is 1. The number of aromatic nitrogens is 3. The lowest BCUT2D eigenvalue weighted by atomic mass is 9.87. The van der Waals surface area contributed by atoms with Gasteiger partial charge in [0.25, 0.3) is 5.91 Å². The Bertz CT molecular complexity index is 592. The molecule has 5 nitrogen and oxygen atoms in total. The highest BCUT2D eigenvalue weighted by Crippen LogP contribution is 2.22. The summed E-state index contributed by atoms with van der Waals surface area (Å²) in [4.78, 5) is 15.4. The third-order valence-electron chi connectivity index (χ3n) is 2.86. The van der Waals surface area contributed by atoms with Crippen LogP contribution in [0.15, 0.2) is 36.7 Å². The monoisotopic (exact) mass is 270 g/mol. The van der Waals surface area contributed by atoms with E-state index in [1.54, 1.807) is 6.08 Å². The molecule has 0 aliphatic heterocycles. The number of nitrogens with one attached hydrogen (secondary N) is 2. The van der Waals surface area contributed by atoms with Crippen LogP contribution in [0.4, 0.5) is 5.95 Å². The summed E-state index contributed by atoms with van der Waals surface area (Å²) in [6.45, 7) is 6.51. The first-order chi connectivity index (χ1) is 9.45. The second-order valence-corrected chi connectivity index (χ2v) is 5.53. The van der Waals surface area contributed by atoms with E-state index < -0.39 is 0 Å². The summed E-state index contributed by atoms with van der Waals surface area (Å²) in [7, 11) is 0. The van der Waals surface area contributed by atoms with Crippen LogP contribution in [0.2, 0.25) is 0 Å². The summed E-state index contributed by atoms with van der Waals surface area (Å²) >= 11 is 0. The van der Waals surface area contributed by atoms with Gasteiger partial charge in [-0.05, 0) is 22.6 Å². The molecule has 2 rings (SSSR count). The largest absolute Gasteiger partial charge is 0.291 e. The molecule has 0 bridgehead atoms. The van der Waals surface area contributed by atoms with Crippen LogP contribution in [0.3, 0.4) is 0 Å². The molecule has 1 aromatic carbocycles. The predicted octanol–water partition coefficient (Wildman–Crippen LogP) is 2.75. The number of rotatable bonds is 3. The Labute approximate surface area is 118 Å². The fraction of sp³-hybridized carbons (Fsp3) is 0.267. The van der Waals surface area contributed by atoms with Gasteiger partial charge in [0.15, 0.2) is 0 Å². The Morgan fingerprint density at radius 1 is 1.25 bits per heavy atom. The number of nitrogens with zero attached hydrogens (tertiary/aromatic N) is 2. The number of H-pyrrole nitrogens is 1. The first kappa shape index (κ1) is 14.0. The van der Waals surface area contributed by atoms with Crippen molar-refractivity contribution in [2.45, 2.75) is 26.2 Å². The van der Waals surface area contributed by atoms with Crippen molar-refractivity contribution < 1.29 is 4.79 Å². The molecule has 0 atom stereocenters. The number of amides is 1. The zero-order valence-corrected chi connectivity index (χ0v) is 11.8. The Morgan fingerprint density at radius 3 is 2.50 bits per heavy atom. The minimum absolute atomic E-state index is 0.131. The summed E-state index contributed by atoms with van der Waals surface area (Å²) in [5.74, 6) is 0.0874. The minimum Gasteiger partial charge on any atom is -0.291 e. The minimum atomic E-state index is -0.248. The van der Waals surface area contributed by atoms with E-state index in [9.17, 15) is 4.79 Å². The molecule has 1 amide bonds. The van der Waals surface area contributed by atoms with Gasteiger partial charge in [0.1, 0.15) is 6.33 Å². The van der Waals surface area contributed by atoms with Crippen molar-refractivity contribution in [1.29, 1.82) is 0 Å². The normalized spacial score (nSPS) is 11.8. The topological polar surface area (TPSA) is 70.7 Å². The van der Waals surface area contributed by atoms with Crippen molar-refractivity contribution >= 4 is 17.9 Å². The van der Waals surface area contributed by atoms with E-state index in [2.05, 4.69) is 53.4 Å². The molecule has 1 heterocycles. The van der Waals surface area contributed by atoms with Gasteiger partial charge in [0, 0.05) is 6.08 Å². The lowest BCUT2D eigenvalue weighted by molar-refractivity contribution is -0.111. The van der Waals surface area contributed by atoms with Crippen molar-refractivity contribution in [3.8, 4) is 0 Å². The molecule has 5 heteroatoms. The highest BCUT2D eigenvalue weighted by molar-refractivity contribution is 6.00. The Kier molecular flexibility index (Phi) is 3.98. The summed E-state index contributed by atoms with van der Waals surface area (Å²) in [5, 5.41) is 8.79. The number of hydrogen-bond acceptors (Lipinski definition) is 3. The fourth-order valence-electron chi connectivity index (χ4n) is 1.69. The first-order valence-corrected chi connectivity index (χ1v) is 6.40. The molecule has 0 aliphatic carbocycles. The average Bonchev–Trinajstić information content (AvgIpc) is 2.88. The zero-order chi connectivity index (χ0) is 14.6. The van der Waals surface area contributed by atoms with Crippen LogP contribution in [0.1, 0.15) is 31.9 Å². The van der Waals surface area contributed by atoms with Crippen molar-refractivity contribution in [2.75, 3.05) is 5.32 Å². The fourth-order valence-corrected chi connectivity index (χ4v) is 1.69. The van der Waals surface area contributed by atoms with Crippen molar-refractivity contribution in [3.05, 3.63) is 47.8 Å². The van der Waals surface area contributed by atoms with E-state index >= 15 is 0 Å². The van der Waals surface area contributed by atoms with Gasteiger partial charge in [-0.2, -0.15) is 10.1 Å². The third kappa shape index (κ3) is 3.78. The Morgan fingerprint density at radius 2 is 1.95 bits per heavy atom. The maximum atomic E-state index is 11.6. The summed E-state index contributed by atoms with van der Waals surface area (Å²) < 4.78 is 0. The van der Waals surface area contributed by atoms with Gasteiger partial charge >= 0.3 is 0 Å². The molecule has 0 saturated heterocycles. The van der Waals surface area contributed by atoms with E-state index in [0.29, 0.717) is 5.95 Å². The molecule has 0 spiro atoms. The van der Waals surface area contributed by atoms with Crippen LogP contribution >= 0.6 is 0 Å². The molecular weight excluding hydrogens is 252 g/mol. The van der Waals surface area contributed by atoms with E-state index in [-0.39, 0.29) is 11.3 Å². The summed E-state index contributed by atoms with van der Waals surface area (Å²) in [6, 6.07) is 8.15. The van der Waals surface area contributed by atoms with Crippen LogP contribution in [-0.4, -0.2) is 21.1 Å². The average molecular weight is 270 g/mol. The van der Waals surface area contributed by atoms with Gasteiger partial charge in [0.05, 0.1) is 0 Å². The van der Waals surface area contributed by atoms with Crippen molar-refractivity contribution in [3.63, 3.8) is 0 Å². The molecule has 2 aromatic rings. The van der Waals surface area contributed by atoms with Gasteiger partial charge in [-0.1, -0.05) is 45.0 Å². The molecule has 20 heavy (non-hydrogen) atoms. The molecule has 0 aliphatic rings. The van der Waals surface area contributed by atoms with Gasteiger partial charge in [-0.15, -0.1) is 0 Å². The van der Waals surface area contributed by atoms with Gasteiger partial charge < -0.3 is 0 Å². The highest BCUT2D eigenvalue weighted by atomic mass is 16.1. The van der Waals surface area contributed by atoms with Gasteiger partial charge in [-0.3, -0.25) is 10.1 Å². The van der Waals surface area contributed by atoms with E-state index in [1.165, 1.54) is 18.0 Å². The molecule has 0 fully saturated rings. The number of carbonyl (C=O) groups excluding carboxylic acids is 1. The van der Waals surface area contributed by atoms with Crippen LogP contribution in [0, 0.1) is 0 Å². The van der Waals surface area contributed by atoms with Crippen molar-refractivity contribution in [2.24, 2.45) is 0 Å². The molecular formula is C15H18N4O. The van der Waals surface area contributed by atoms with Gasteiger partial charge in [0.2, 0.25) is 5.95 Å². The maximum Gasteiger partial charge on any atom is 0.250 e. The second-order valence-electron chi connectivity index (χ2n) is 5.53. The number of anilines is 1. The molecule has 0 radical (unpaired) electrons. The lowest BCUT2D eigenvalue weighted by Crippen LogP contribution is -2.10. The van der Waals surface area contributed by atoms with E-state index in [4.69, 9.17) is 0 Å². The molecule has 2 N–H and O–H groups in total. The Balaban J connectivity index is 1.99. The van der Waals surface area contributed by atoms with Crippen LogP contribution in [-0.2, 0) is 10.2 Å². The summed E-state index contributed by atoms with van der Waals surface area (Å²) in [5.41, 5.74) is 2.37. The number of benzene rings is 1. The zero-order valence-electron chi connectivity index (χ0n) is 11.8. The smallest absolute Gasteiger partial charge is 0.250 e. The Hall–Kier alpha value is -2.43. The maximum absolute atomic E-state index is 11.6. The molecule has 0 unspecified atom stereocenters. The lowest BCUT2D eigenvalue weighted by Gasteiger charge is -2.18. The molecule has 1 aromatic heterocycles. The standard InChI is InChI=1S/C15H18N4O/c1-15(2,3)12-7-4-11(5-8-12)6-9-13(20)18-14-16-10-17-19-14/h4-10H,1-3H3,(H2,16,17,18,19,20). The first-order valence-electron chi connectivity index (χ1n) is 6.40. The molecule has 0 saturated carbocycles. The second kappa shape index (κ2) is 5.69. The number of carbonyl (C=O) groups is 1. The van der Waals surface area contributed by atoms with Crippen LogP contribution in [0.25, 0.3) is 6.08 Å². The third-order valence-corrected chi connectivity index (χ3v) is 2.86. The van der Waals surface area contributed by atoms with Crippen LogP contribution < -0.4 is 5.32 Å². The number of hydrogen-bond donors (Lipinski definition) is 2. The molecule has 104 valence electrons. The predicted molar refractivity (Wildman–Crippen MR) is 79.2 cm³/mol. The van der Waals surface area contributed by atoms with Gasteiger partial charge in [-0.25, -0.2) is 5.10 Å². The SMILES string of the molecule is CC(C)(C)c1ccc(C=CC(=O)Nc2ncn[nH]2)cc1. The van der Waals surface area contributed by atoms with Crippen LogP contribution in [0.5, 0.6) is 0 Å². The quantitative estimate of drug-likeness (QED) is 0.842. The summed E-state index contributed by atoms with van der Waals surface area (Å²) in [6.07, 6.45) is 4.57. The van der Waals surface area contributed by atoms with Crippen molar-refractivity contribution in [1.82, 2.24) is 15.2 Å².